The second-order valence-corrected chi connectivity index (χ2v) is 8.48. The lowest BCUT2D eigenvalue weighted by Gasteiger charge is -2.12. The molecule has 0 bridgehead atoms. The van der Waals surface area contributed by atoms with Gasteiger partial charge in [0.15, 0.2) is 5.96 Å². The molecule has 4 N–H and O–H groups in total. The molecule has 0 saturated heterocycles. The van der Waals surface area contributed by atoms with Crippen molar-refractivity contribution >= 4 is 40.0 Å². The van der Waals surface area contributed by atoms with Crippen LogP contribution in [0.15, 0.2) is 52.4 Å². The van der Waals surface area contributed by atoms with Crippen LogP contribution in [-0.4, -0.2) is 40.6 Å². The Morgan fingerprint density at radius 1 is 1.10 bits per heavy atom. The molecule has 0 saturated carbocycles. The summed E-state index contributed by atoms with van der Waals surface area (Å²) in [4.78, 5) is 4.72. The maximum Gasteiger partial charge on any atom is 0.238 e. The first-order chi connectivity index (χ1) is 14.0. The fourth-order valence-corrected chi connectivity index (χ4v) is 3.72. The molecule has 0 aromatic heterocycles. The number of hydrogen-bond donors (Lipinski definition) is 3. The maximum atomic E-state index is 11.3. The van der Waals surface area contributed by atoms with Crippen LogP contribution in [0, 0.1) is 0 Å². The van der Waals surface area contributed by atoms with Crippen molar-refractivity contribution < 1.29 is 13.2 Å². The van der Waals surface area contributed by atoms with Crippen LogP contribution in [0.25, 0.3) is 0 Å². The third-order valence-electron chi connectivity index (χ3n) is 4.73. The fourth-order valence-electron chi connectivity index (χ4n) is 3.21. The number of aliphatic imine (C=N–C) groups is 1. The van der Waals surface area contributed by atoms with E-state index in [1.54, 1.807) is 12.1 Å². The quantitative estimate of drug-likeness (QED) is 0.269. The van der Waals surface area contributed by atoms with E-state index in [4.69, 9.17) is 9.88 Å². The van der Waals surface area contributed by atoms with Crippen LogP contribution in [0.5, 0.6) is 5.75 Å². The third-order valence-corrected chi connectivity index (χ3v) is 5.66. The third kappa shape index (κ3) is 7.13. The Kier molecular flexibility index (Phi) is 9.37. The smallest absolute Gasteiger partial charge is 0.238 e. The summed E-state index contributed by atoms with van der Waals surface area (Å²) < 4.78 is 28.2. The van der Waals surface area contributed by atoms with Crippen molar-refractivity contribution in [2.45, 2.75) is 31.1 Å². The van der Waals surface area contributed by atoms with Gasteiger partial charge in [-0.15, -0.1) is 24.0 Å². The Balaban J connectivity index is 0.00000320. The molecule has 30 heavy (non-hydrogen) atoms. The molecule has 0 fully saturated rings. The van der Waals surface area contributed by atoms with Crippen LogP contribution in [0.1, 0.15) is 23.6 Å². The predicted octanol–water partition coefficient (Wildman–Crippen LogP) is 2.23. The van der Waals surface area contributed by atoms with E-state index in [1.807, 2.05) is 6.92 Å². The number of sulfonamides is 1. The van der Waals surface area contributed by atoms with Gasteiger partial charge in [-0.2, -0.15) is 0 Å². The number of nitrogens with zero attached hydrogens (tertiary/aromatic N) is 1. The molecule has 0 amide bonds. The summed E-state index contributed by atoms with van der Waals surface area (Å²) in [5, 5.41) is 11.7. The summed E-state index contributed by atoms with van der Waals surface area (Å²) in [6.07, 6.45) is 2.61. The molecule has 2 aromatic rings. The topological polar surface area (TPSA) is 106 Å². The number of nitrogens with two attached hydrogens (primary N) is 1. The van der Waals surface area contributed by atoms with E-state index in [-0.39, 0.29) is 28.9 Å². The molecule has 1 aliphatic rings. The zero-order chi connectivity index (χ0) is 20.7. The molecule has 3 rings (SSSR count). The highest BCUT2D eigenvalue weighted by Gasteiger charge is 2.11. The average Bonchev–Trinajstić information content (AvgIpc) is 3.15. The summed E-state index contributed by atoms with van der Waals surface area (Å²) in [7, 11) is -3.65. The summed E-state index contributed by atoms with van der Waals surface area (Å²) in [6.45, 7) is 4.97. The Bertz CT molecular complexity index is 963. The Morgan fingerprint density at radius 2 is 1.83 bits per heavy atom. The average molecular weight is 544 g/mol. The van der Waals surface area contributed by atoms with E-state index >= 15 is 0 Å². The molecule has 0 unspecified atom stereocenters. The first kappa shape index (κ1) is 24.4. The number of halogens is 1. The molecule has 0 radical (unpaired) electrons. The van der Waals surface area contributed by atoms with E-state index in [0.717, 1.165) is 49.8 Å². The van der Waals surface area contributed by atoms with Crippen LogP contribution in [0.4, 0.5) is 0 Å². The molecule has 0 spiro atoms. The first-order valence-corrected chi connectivity index (χ1v) is 11.4. The van der Waals surface area contributed by atoms with Gasteiger partial charge in [0.2, 0.25) is 10.0 Å². The summed E-state index contributed by atoms with van der Waals surface area (Å²) >= 11 is 0. The van der Waals surface area contributed by atoms with Gasteiger partial charge in [0.05, 0.1) is 11.5 Å². The fraction of sp³-hybridized carbons (Fsp3) is 0.381. The van der Waals surface area contributed by atoms with Gasteiger partial charge >= 0.3 is 0 Å². The maximum absolute atomic E-state index is 11.3. The van der Waals surface area contributed by atoms with Gasteiger partial charge in [0.25, 0.3) is 0 Å². The van der Waals surface area contributed by atoms with Crippen LogP contribution in [0.2, 0.25) is 0 Å². The van der Waals surface area contributed by atoms with Crippen molar-refractivity contribution in [2.75, 3.05) is 26.2 Å². The van der Waals surface area contributed by atoms with Crippen LogP contribution < -0.4 is 20.5 Å². The highest BCUT2D eigenvalue weighted by molar-refractivity contribution is 14.0. The van der Waals surface area contributed by atoms with Gasteiger partial charge < -0.3 is 15.4 Å². The highest BCUT2D eigenvalue weighted by atomic mass is 127. The van der Waals surface area contributed by atoms with Crippen molar-refractivity contribution in [3.8, 4) is 5.75 Å². The molecule has 9 heteroatoms. The largest absolute Gasteiger partial charge is 0.493 e. The van der Waals surface area contributed by atoms with E-state index in [9.17, 15) is 8.42 Å². The molecule has 1 aliphatic heterocycles. The number of ether oxygens (including phenoxy) is 1. The van der Waals surface area contributed by atoms with Gasteiger partial charge in [-0.05, 0) is 54.7 Å². The van der Waals surface area contributed by atoms with Crippen LogP contribution >= 0.6 is 24.0 Å². The molecule has 0 aliphatic carbocycles. The van der Waals surface area contributed by atoms with Gasteiger partial charge in [-0.1, -0.05) is 24.3 Å². The second kappa shape index (κ2) is 11.5. The Labute approximate surface area is 195 Å². The summed E-state index contributed by atoms with van der Waals surface area (Å²) in [6, 6.07) is 13.0. The monoisotopic (exact) mass is 544 g/mol. The number of rotatable bonds is 8. The van der Waals surface area contributed by atoms with Gasteiger partial charge in [-0.25, -0.2) is 13.6 Å². The number of hydrogen-bond acceptors (Lipinski definition) is 4. The Hall–Kier alpha value is -1.85. The lowest BCUT2D eigenvalue weighted by atomic mass is 10.1. The van der Waals surface area contributed by atoms with Crippen molar-refractivity contribution in [1.29, 1.82) is 0 Å². The van der Waals surface area contributed by atoms with Crippen molar-refractivity contribution in [3.63, 3.8) is 0 Å². The molecule has 0 atom stereocenters. The van der Waals surface area contributed by atoms with Crippen molar-refractivity contribution in [1.82, 2.24) is 10.6 Å². The minimum Gasteiger partial charge on any atom is -0.493 e. The minimum absolute atomic E-state index is 0. The lowest BCUT2D eigenvalue weighted by molar-refractivity contribution is 0.357. The zero-order valence-corrected chi connectivity index (χ0v) is 20.2. The van der Waals surface area contributed by atoms with Gasteiger partial charge in [-0.3, -0.25) is 4.99 Å². The van der Waals surface area contributed by atoms with Crippen LogP contribution in [0.3, 0.4) is 0 Å². The second-order valence-electron chi connectivity index (χ2n) is 6.92. The number of fused-ring (bicyclic) bond motifs is 1. The standard InChI is InChI=1S/C21H28N4O3S.HI/c1-2-23-21(24-12-9-16-3-6-19(7-4-16)29(22,26)27)25-13-10-17-5-8-20-18(15-17)11-14-28-20;/h3-8,15H,2,9-14H2,1H3,(H2,22,26,27)(H2,23,24,25);1H. The highest BCUT2D eigenvalue weighted by Crippen LogP contribution is 2.25. The Morgan fingerprint density at radius 3 is 2.53 bits per heavy atom. The van der Waals surface area contributed by atoms with Crippen molar-refractivity contribution in [2.24, 2.45) is 10.1 Å². The first-order valence-electron chi connectivity index (χ1n) is 9.84. The SMILES string of the molecule is CCNC(=NCCc1ccc(S(N)(=O)=O)cc1)NCCc1ccc2c(c1)CCO2.I. The molecular formula is C21H29IN4O3S. The van der Waals surface area contributed by atoms with Crippen LogP contribution in [-0.2, 0) is 29.3 Å². The summed E-state index contributed by atoms with van der Waals surface area (Å²) in [5.74, 6) is 1.78. The molecule has 1 heterocycles. The lowest BCUT2D eigenvalue weighted by Crippen LogP contribution is -2.38. The predicted molar refractivity (Wildman–Crippen MR) is 130 cm³/mol. The molecular weight excluding hydrogens is 515 g/mol. The number of nitrogens with one attached hydrogen (secondary N) is 2. The summed E-state index contributed by atoms with van der Waals surface area (Å²) in [5.41, 5.74) is 3.58. The number of primary sulfonamides is 1. The van der Waals surface area contributed by atoms with Gasteiger partial charge in [0, 0.05) is 26.1 Å². The minimum atomic E-state index is -3.65. The van der Waals surface area contributed by atoms with E-state index in [0.29, 0.717) is 13.0 Å². The number of benzene rings is 2. The van der Waals surface area contributed by atoms with Crippen molar-refractivity contribution in [3.05, 3.63) is 59.2 Å². The van der Waals surface area contributed by atoms with E-state index < -0.39 is 10.0 Å². The van der Waals surface area contributed by atoms with Gasteiger partial charge in [0.1, 0.15) is 5.75 Å². The zero-order valence-electron chi connectivity index (χ0n) is 17.1. The van der Waals surface area contributed by atoms with E-state index in [2.05, 4.69) is 33.8 Å². The molecule has 164 valence electrons. The number of guanidine groups is 1. The van der Waals surface area contributed by atoms with E-state index in [1.165, 1.54) is 23.3 Å². The molecule has 2 aromatic carbocycles. The normalized spacial score (nSPS) is 13.2. The molecule has 7 nitrogen and oxygen atoms in total.